The smallest absolute Gasteiger partial charge is 0.243 e. The van der Waals surface area contributed by atoms with Crippen LogP contribution in [0.5, 0.6) is 0 Å². The normalized spacial score (nSPS) is 20.8. The van der Waals surface area contributed by atoms with Crippen LogP contribution in [0.1, 0.15) is 17.5 Å². The van der Waals surface area contributed by atoms with Gasteiger partial charge in [-0.25, -0.2) is 8.42 Å². The Kier molecular flexibility index (Phi) is 3.39. The summed E-state index contributed by atoms with van der Waals surface area (Å²) in [7, 11) is -3.53. The summed E-state index contributed by atoms with van der Waals surface area (Å²) in [6.07, 6.45) is 0.677. The number of nitriles is 1. The highest BCUT2D eigenvalue weighted by atomic mass is 32.2. The lowest BCUT2D eigenvalue weighted by atomic mass is 10.2. The van der Waals surface area contributed by atoms with E-state index in [4.69, 9.17) is 11.0 Å². The molecule has 6 heteroatoms. The highest BCUT2D eigenvalue weighted by molar-refractivity contribution is 7.89. The van der Waals surface area contributed by atoms with Crippen LogP contribution in [0.2, 0.25) is 0 Å². The average molecular weight is 265 g/mol. The van der Waals surface area contributed by atoms with Crippen molar-refractivity contribution in [1.82, 2.24) is 4.31 Å². The number of hydrogen-bond donors (Lipinski definition) is 1. The van der Waals surface area contributed by atoms with Gasteiger partial charge in [0.1, 0.15) is 0 Å². The zero-order chi connectivity index (χ0) is 13.3. The summed E-state index contributed by atoms with van der Waals surface area (Å²) < 4.78 is 26.2. The molecule has 18 heavy (non-hydrogen) atoms. The van der Waals surface area contributed by atoms with Gasteiger partial charge in [-0.15, -0.1) is 0 Å². The highest BCUT2D eigenvalue weighted by Crippen LogP contribution is 2.24. The predicted molar refractivity (Wildman–Crippen MR) is 67.2 cm³/mol. The summed E-state index contributed by atoms with van der Waals surface area (Å²) >= 11 is 0. The monoisotopic (exact) mass is 265 g/mol. The van der Waals surface area contributed by atoms with Gasteiger partial charge >= 0.3 is 0 Å². The van der Waals surface area contributed by atoms with Gasteiger partial charge in [0.15, 0.2) is 0 Å². The number of sulfonamides is 1. The molecule has 0 spiro atoms. The molecule has 1 aliphatic rings. The van der Waals surface area contributed by atoms with Gasteiger partial charge in [0.2, 0.25) is 10.0 Å². The molecule has 0 aromatic heterocycles. The Labute approximate surface area is 107 Å². The second kappa shape index (κ2) is 4.69. The first-order chi connectivity index (χ1) is 8.45. The van der Waals surface area contributed by atoms with Crippen LogP contribution in [-0.4, -0.2) is 31.9 Å². The maximum absolute atomic E-state index is 12.4. The molecule has 0 bridgehead atoms. The molecule has 2 N–H and O–H groups in total. The Morgan fingerprint density at radius 2 is 2.22 bits per heavy atom. The maximum atomic E-state index is 12.4. The van der Waals surface area contributed by atoms with Crippen molar-refractivity contribution < 1.29 is 8.42 Å². The van der Waals surface area contributed by atoms with Gasteiger partial charge in [0.05, 0.1) is 16.5 Å². The quantitative estimate of drug-likeness (QED) is 0.847. The van der Waals surface area contributed by atoms with E-state index in [0.29, 0.717) is 30.6 Å². The number of rotatable bonds is 2. The van der Waals surface area contributed by atoms with Crippen LogP contribution >= 0.6 is 0 Å². The Hall–Kier alpha value is -1.42. The standard InChI is InChI=1S/C12H15N3O2S/c1-9-2-3-10(7-13)6-12(9)18(16,17)15-5-4-11(14)8-15/h2-3,6,11H,4-5,8,14H2,1H3/t11-/m1/s1. The highest BCUT2D eigenvalue weighted by Gasteiger charge is 2.31. The van der Waals surface area contributed by atoms with Crippen LogP contribution in [0.4, 0.5) is 0 Å². The van der Waals surface area contributed by atoms with E-state index < -0.39 is 10.0 Å². The van der Waals surface area contributed by atoms with Crippen LogP contribution < -0.4 is 5.73 Å². The molecule has 96 valence electrons. The molecule has 1 heterocycles. The van der Waals surface area contributed by atoms with Gasteiger partial charge in [-0.05, 0) is 31.0 Å². The summed E-state index contributed by atoms with van der Waals surface area (Å²) in [6, 6.07) is 6.55. The molecule has 0 aliphatic carbocycles. The van der Waals surface area contributed by atoms with Crippen LogP contribution in [0.15, 0.2) is 23.1 Å². The SMILES string of the molecule is Cc1ccc(C#N)cc1S(=O)(=O)N1CC[C@@H](N)C1. The van der Waals surface area contributed by atoms with E-state index in [1.54, 1.807) is 19.1 Å². The largest absolute Gasteiger partial charge is 0.326 e. The lowest BCUT2D eigenvalue weighted by Crippen LogP contribution is -2.32. The van der Waals surface area contributed by atoms with E-state index in [-0.39, 0.29) is 10.9 Å². The Balaban J connectivity index is 2.45. The first kappa shape index (κ1) is 13.0. The molecular formula is C12H15N3O2S. The Morgan fingerprint density at radius 3 is 2.78 bits per heavy atom. The second-order valence-electron chi connectivity index (χ2n) is 4.50. The zero-order valence-corrected chi connectivity index (χ0v) is 10.9. The van der Waals surface area contributed by atoms with E-state index >= 15 is 0 Å². The number of aryl methyl sites for hydroxylation is 1. The van der Waals surface area contributed by atoms with Crippen molar-refractivity contribution in [2.75, 3.05) is 13.1 Å². The number of benzene rings is 1. The fourth-order valence-corrected chi connectivity index (χ4v) is 3.82. The molecule has 0 radical (unpaired) electrons. The molecule has 1 aromatic carbocycles. The predicted octanol–water partition coefficient (Wildman–Crippen LogP) is 0.588. The van der Waals surface area contributed by atoms with Crippen molar-refractivity contribution in [2.24, 2.45) is 5.73 Å². The van der Waals surface area contributed by atoms with Crippen molar-refractivity contribution >= 4 is 10.0 Å². The molecule has 1 saturated heterocycles. The van der Waals surface area contributed by atoms with E-state index in [0.717, 1.165) is 0 Å². The Bertz CT molecular complexity index is 604. The number of nitrogens with two attached hydrogens (primary N) is 1. The molecular weight excluding hydrogens is 250 g/mol. The molecule has 1 atom stereocenters. The third-order valence-corrected chi connectivity index (χ3v) is 5.13. The summed E-state index contributed by atoms with van der Waals surface area (Å²) in [6.45, 7) is 2.52. The van der Waals surface area contributed by atoms with Gasteiger partial charge in [0, 0.05) is 19.1 Å². The molecule has 1 aromatic rings. The van der Waals surface area contributed by atoms with Crippen LogP contribution in [0.25, 0.3) is 0 Å². The van der Waals surface area contributed by atoms with Crippen LogP contribution in [0, 0.1) is 18.3 Å². The van der Waals surface area contributed by atoms with Crippen molar-refractivity contribution in [3.8, 4) is 6.07 Å². The minimum Gasteiger partial charge on any atom is -0.326 e. The van der Waals surface area contributed by atoms with Crippen molar-refractivity contribution in [1.29, 1.82) is 5.26 Å². The Morgan fingerprint density at radius 1 is 1.50 bits per heavy atom. The molecule has 0 amide bonds. The third kappa shape index (κ3) is 2.25. The number of nitrogens with zero attached hydrogens (tertiary/aromatic N) is 2. The second-order valence-corrected chi connectivity index (χ2v) is 6.41. The first-order valence-electron chi connectivity index (χ1n) is 5.71. The van der Waals surface area contributed by atoms with E-state index in [2.05, 4.69) is 0 Å². The summed E-state index contributed by atoms with van der Waals surface area (Å²) in [5.41, 5.74) is 6.73. The molecule has 1 fully saturated rings. The van der Waals surface area contributed by atoms with Crippen molar-refractivity contribution in [3.05, 3.63) is 29.3 Å². The van der Waals surface area contributed by atoms with Crippen LogP contribution in [0.3, 0.4) is 0 Å². The fraction of sp³-hybridized carbons (Fsp3) is 0.417. The van der Waals surface area contributed by atoms with Crippen molar-refractivity contribution in [3.63, 3.8) is 0 Å². The molecule has 0 unspecified atom stereocenters. The van der Waals surface area contributed by atoms with Gasteiger partial charge in [-0.1, -0.05) is 6.07 Å². The van der Waals surface area contributed by atoms with Gasteiger partial charge in [-0.3, -0.25) is 0 Å². The summed E-state index contributed by atoms with van der Waals surface area (Å²) in [5, 5.41) is 8.85. The van der Waals surface area contributed by atoms with E-state index in [1.807, 2.05) is 6.07 Å². The lowest BCUT2D eigenvalue weighted by Gasteiger charge is -2.17. The van der Waals surface area contributed by atoms with Gasteiger partial charge < -0.3 is 5.73 Å². The topological polar surface area (TPSA) is 87.2 Å². The minimum absolute atomic E-state index is 0.0979. The van der Waals surface area contributed by atoms with Crippen molar-refractivity contribution in [2.45, 2.75) is 24.3 Å². The summed E-state index contributed by atoms with van der Waals surface area (Å²) in [5.74, 6) is 0. The maximum Gasteiger partial charge on any atom is 0.243 e. The first-order valence-corrected chi connectivity index (χ1v) is 7.15. The average Bonchev–Trinajstić information content (AvgIpc) is 2.77. The van der Waals surface area contributed by atoms with E-state index in [9.17, 15) is 8.42 Å². The molecule has 2 rings (SSSR count). The lowest BCUT2D eigenvalue weighted by molar-refractivity contribution is 0.472. The molecule has 5 nitrogen and oxygen atoms in total. The van der Waals surface area contributed by atoms with Gasteiger partial charge in [0.25, 0.3) is 0 Å². The van der Waals surface area contributed by atoms with Crippen LogP contribution in [-0.2, 0) is 10.0 Å². The number of hydrogen-bond acceptors (Lipinski definition) is 4. The fourth-order valence-electron chi connectivity index (χ4n) is 2.06. The van der Waals surface area contributed by atoms with E-state index in [1.165, 1.54) is 10.4 Å². The molecule has 0 saturated carbocycles. The molecule has 1 aliphatic heterocycles. The third-order valence-electron chi connectivity index (χ3n) is 3.12. The minimum atomic E-state index is -3.53. The zero-order valence-electron chi connectivity index (χ0n) is 10.1. The summed E-state index contributed by atoms with van der Waals surface area (Å²) in [4.78, 5) is 0.204. The van der Waals surface area contributed by atoms with Gasteiger partial charge in [-0.2, -0.15) is 9.57 Å².